The van der Waals surface area contributed by atoms with E-state index < -0.39 is 0 Å². The first kappa shape index (κ1) is 19.9. The van der Waals surface area contributed by atoms with Crippen LogP contribution in [0.15, 0.2) is 29.1 Å². The van der Waals surface area contributed by atoms with Crippen molar-refractivity contribution >= 4 is 17.5 Å². The minimum atomic E-state index is -0.0779. The molecule has 0 unspecified atom stereocenters. The summed E-state index contributed by atoms with van der Waals surface area (Å²) >= 11 is 0. The highest BCUT2D eigenvalue weighted by atomic mass is 16.2. The van der Waals surface area contributed by atoms with Gasteiger partial charge in [0, 0.05) is 55.7 Å². The highest BCUT2D eigenvalue weighted by Gasteiger charge is 2.24. The normalized spacial score (nSPS) is 14.8. The third-order valence-electron chi connectivity index (χ3n) is 5.31. The van der Waals surface area contributed by atoms with Crippen molar-refractivity contribution in [3.63, 3.8) is 0 Å². The van der Waals surface area contributed by atoms with Gasteiger partial charge in [-0.25, -0.2) is 4.98 Å². The first-order chi connectivity index (χ1) is 13.4. The van der Waals surface area contributed by atoms with Crippen LogP contribution in [0.4, 0.5) is 11.6 Å². The summed E-state index contributed by atoms with van der Waals surface area (Å²) in [7, 11) is 3.93. The van der Waals surface area contributed by atoms with Crippen LogP contribution in [0.3, 0.4) is 0 Å². The van der Waals surface area contributed by atoms with Crippen LogP contribution >= 0.6 is 0 Å². The number of anilines is 2. The number of hydrogen-bond donors (Lipinski definition) is 2. The van der Waals surface area contributed by atoms with Gasteiger partial charge in [-0.15, -0.1) is 0 Å². The molecular weight excluding hydrogens is 354 g/mol. The van der Waals surface area contributed by atoms with Gasteiger partial charge in [0.1, 0.15) is 0 Å². The maximum Gasteiger partial charge on any atom is 0.255 e. The fourth-order valence-electron chi connectivity index (χ4n) is 3.62. The van der Waals surface area contributed by atoms with Crippen molar-refractivity contribution in [2.45, 2.75) is 39.2 Å². The minimum Gasteiger partial charge on any atom is -0.378 e. The molecular formula is C21H29N5O2. The Morgan fingerprint density at radius 1 is 1.32 bits per heavy atom. The second kappa shape index (κ2) is 8.46. The Bertz CT molecular complexity index is 898. The Balaban J connectivity index is 1.61. The highest BCUT2D eigenvalue weighted by molar-refractivity contribution is 5.95. The monoisotopic (exact) mass is 383 g/mol. The number of carbonyl (C=O) groups excluding carboxylic acids is 1. The van der Waals surface area contributed by atoms with Crippen LogP contribution in [0.25, 0.3) is 0 Å². The van der Waals surface area contributed by atoms with Crippen molar-refractivity contribution in [3.8, 4) is 0 Å². The molecule has 0 spiro atoms. The molecule has 28 heavy (non-hydrogen) atoms. The van der Waals surface area contributed by atoms with Gasteiger partial charge in [-0.2, -0.15) is 0 Å². The van der Waals surface area contributed by atoms with E-state index in [0.717, 1.165) is 35.3 Å². The van der Waals surface area contributed by atoms with Crippen LogP contribution < -0.4 is 15.8 Å². The van der Waals surface area contributed by atoms with Gasteiger partial charge in [0.05, 0.1) is 0 Å². The summed E-state index contributed by atoms with van der Waals surface area (Å²) in [4.78, 5) is 36.1. The molecule has 1 saturated heterocycles. The van der Waals surface area contributed by atoms with E-state index in [-0.39, 0.29) is 17.5 Å². The lowest BCUT2D eigenvalue weighted by molar-refractivity contribution is 0.0718. The Hall–Kier alpha value is -2.83. The van der Waals surface area contributed by atoms with Gasteiger partial charge in [0.15, 0.2) is 0 Å². The molecule has 7 nitrogen and oxygen atoms in total. The zero-order chi connectivity index (χ0) is 20.3. The number of nitrogens with one attached hydrogen (secondary N) is 2. The van der Waals surface area contributed by atoms with Crippen LogP contribution in [0.1, 0.15) is 41.4 Å². The second-order valence-corrected chi connectivity index (χ2v) is 7.49. The molecule has 0 radical (unpaired) electrons. The van der Waals surface area contributed by atoms with Gasteiger partial charge >= 0.3 is 0 Å². The van der Waals surface area contributed by atoms with Gasteiger partial charge < -0.3 is 15.1 Å². The number of aryl methyl sites for hydroxylation is 1. The lowest BCUT2D eigenvalue weighted by Crippen LogP contribution is -2.42. The van der Waals surface area contributed by atoms with Gasteiger partial charge in [0.2, 0.25) is 5.95 Å². The quantitative estimate of drug-likeness (QED) is 0.829. The summed E-state index contributed by atoms with van der Waals surface area (Å²) in [6.45, 7) is 5.17. The molecule has 0 saturated carbocycles. The van der Waals surface area contributed by atoms with E-state index in [2.05, 4.69) is 15.3 Å². The van der Waals surface area contributed by atoms with Crippen molar-refractivity contribution in [1.82, 2.24) is 14.9 Å². The summed E-state index contributed by atoms with van der Waals surface area (Å²) in [5.41, 5.74) is 3.15. The van der Waals surface area contributed by atoms with E-state index in [0.29, 0.717) is 25.5 Å². The van der Waals surface area contributed by atoms with Gasteiger partial charge in [-0.05, 0) is 44.4 Å². The molecule has 2 N–H and O–H groups in total. The molecule has 1 fully saturated rings. The van der Waals surface area contributed by atoms with Gasteiger partial charge in [-0.1, -0.05) is 13.0 Å². The number of H-pyrrole nitrogens is 1. The molecule has 7 heteroatoms. The fourth-order valence-corrected chi connectivity index (χ4v) is 3.62. The largest absolute Gasteiger partial charge is 0.378 e. The molecule has 0 bridgehead atoms. The summed E-state index contributed by atoms with van der Waals surface area (Å²) in [5.74, 6) is 0.583. The maximum absolute atomic E-state index is 12.8. The Kier molecular flexibility index (Phi) is 6.02. The molecule has 150 valence electrons. The fraction of sp³-hybridized carbons (Fsp3) is 0.476. The number of rotatable bonds is 5. The molecule has 2 heterocycles. The van der Waals surface area contributed by atoms with E-state index in [9.17, 15) is 9.59 Å². The molecule has 3 rings (SSSR count). The summed E-state index contributed by atoms with van der Waals surface area (Å²) in [6.07, 6.45) is 2.30. The van der Waals surface area contributed by atoms with Gasteiger partial charge in [0.25, 0.3) is 11.5 Å². The first-order valence-electron chi connectivity index (χ1n) is 9.82. The molecule has 1 aliphatic heterocycles. The number of aromatic amines is 1. The smallest absolute Gasteiger partial charge is 0.255 e. The summed E-state index contributed by atoms with van der Waals surface area (Å²) in [5, 5.41) is 3.33. The highest BCUT2D eigenvalue weighted by Crippen LogP contribution is 2.19. The van der Waals surface area contributed by atoms with Crippen LogP contribution in [-0.2, 0) is 6.42 Å². The number of piperidine rings is 1. The SMILES string of the molecule is CCc1c(C)nc(NC2CCN(C(=O)c3cccc(N(C)C)c3)CC2)[nH]c1=O. The minimum absolute atomic E-state index is 0.0665. The molecule has 2 aromatic rings. The van der Waals surface area contributed by atoms with Crippen molar-refractivity contribution in [3.05, 3.63) is 51.4 Å². The molecule has 1 amide bonds. The van der Waals surface area contributed by atoms with E-state index in [1.54, 1.807) is 0 Å². The molecule has 0 atom stereocenters. The Morgan fingerprint density at radius 2 is 2.04 bits per heavy atom. The van der Waals surface area contributed by atoms with Crippen LogP contribution in [0.5, 0.6) is 0 Å². The average Bonchev–Trinajstić information content (AvgIpc) is 2.68. The standard InChI is InChI=1S/C21H29N5O2/c1-5-18-14(2)22-21(24-19(18)27)23-16-9-11-26(12-10-16)20(28)15-7-6-8-17(13-15)25(3)4/h6-8,13,16H,5,9-12H2,1-4H3,(H2,22,23,24,27). The molecule has 1 aliphatic rings. The van der Waals surface area contributed by atoms with E-state index >= 15 is 0 Å². The predicted octanol–water partition coefficient (Wildman–Crippen LogP) is 2.42. The number of aromatic nitrogens is 2. The zero-order valence-corrected chi connectivity index (χ0v) is 17.1. The number of hydrogen-bond acceptors (Lipinski definition) is 5. The predicted molar refractivity (Wildman–Crippen MR) is 112 cm³/mol. The zero-order valence-electron chi connectivity index (χ0n) is 17.1. The topological polar surface area (TPSA) is 81.3 Å². The van der Waals surface area contributed by atoms with Gasteiger partial charge in [-0.3, -0.25) is 14.6 Å². The maximum atomic E-state index is 12.8. The average molecular weight is 383 g/mol. The van der Waals surface area contributed by atoms with Crippen molar-refractivity contribution in [2.75, 3.05) is 37.4 Å². The van der Waals surface area contributed by atoms with Crippen LogP contribution in [0.2, 0.25) is 0 Å². The van der Waals surface area contributed by atoms with E-state index in [1.165, 1.54) is 0 Å². The number of benzene rings is 1. The Labute approximate surface area is 165 Å². The van der Waals surface area contributed by atoms with Crippen molar-refractivity contribution in [2.24, 2.45) is 0 Å². The van der Waals surface area contributed by atoms with Crippen molar-refractivity contribution < 1.29 is 4.79 Å². The summed E-state index contributed by atoms with van der Waals surface area (Å²) < 4.78 is 0. The Morgan fingerprint density at radius 3 is 2.64 bits per heavy atom. The third kappa shape index (κ3) is 4.35. The lowest BCUT2D eigenvalue weighted by Gasteiger charge is -2.32. The van der Waals surface area contributed by atoms with E-state index in [4.69, 9.17) is 0 Å². The summed E-state index contributed by atoms with van der Waals surface area (Å²) in [6, 6.07) is 7.90. The van der Waals surface area contributed by atoms with Crippen molar-refractivity contribution in [1.29, 1.82) is 0 Å². The number of nitrogens with zero attached hydrogens (tertiary/aromatic N) is 3. The number of amides is 1. The van der Waals surface area contributed by atoms with Crippen LogP contribution in [0, 0.1) is 6.92 Å². The number of carbonyl (C=O) groups is 1. The number of likely N-dealkylation sites (tertiary alicyclic amines) is 1. The third-order valence-corrected chi connectivity index (χ3v) is 5.31. The second-order valence-electron chi connectivity index (χ2n) is 7.49. The van der Waals surface area contributed by atoms with E-state index in [1.807, 2.05) is 62.0 Å². The molecule has 1 aromatic heterocycles. The van der Waals surface area contributed by atoms with Crippen LogP contribution in [-0.4, -0.2) is 54.0 Å². The molecule has 0 aliphatic carbocycles. The molecule has 1 aromatic carbocycles. The first-order valence-corrected chi connectivity index (χ1v) is 9.82. The lowest BCUT2D eigenvalue weighted by atomic mass is 10.0.